The van der Waals surface area contributed by atoms with Crippen molar-refractivity contribution in [3.05, 3.63) is 71.7 Å². The first-order chi connectivity index (χ1) is 13.0. The summed E-state index contributed by atoms with van der Waals surface area (Å²) in [5, 5.41) is 6.02. The molecule has 27 heavy (non-hydrogen) atoms. The van der Waals surface area contributed by atoms with Gasteiger partial charge in [0.05, 0.1) is 19.0 Å². The van der Waals surface area contributed by atoms with Gasteiger partial charge in [-0.1, -0.05) is 12.1 Å². The number of ether oxygens (including phenoxy) is 1. The van der Waals surface area contributed by atoms with Gasteiger partial charge in [0.25, 0.3) is 5.91 Å². The van der Waals surface area contributed by atoms with Crippen LogP contribution in [0.15, 0.2) is 54.9 Å². The van der Waals surface area contributed by atoms with Crippen molar-refractivity contribution in [3.8, 4) is 5.75 Å². The highest BCUT2D eigenvalue weighted by Crippen LogP contribution is 2.20. The molecule has 0 radical (unpaired) electrons. The van der Waals surface area contributed by atoms with Gasteiger partial charge in [0.2, 0.25) is 0 Å². The summed E-state index contributed by atoms with van der Waals surface area (Å²) in [6, 6.07) is 13.3. The lowest BCUT2D eigenvalue weighted by molar-refractivity contribution is 0.102. The van der Waals surface area contributed by atoms with E-state index in [9.17, 15) is 4.79 Å². The Kier molecular flexibility index (Phi) is 5.66. The minimum absolute atomic E-state index is 0.246. The molecule has 0 aliphatic carbocycles. The lowest BCUT2D eigenvalue weighted by Crippen LogP contribution is -2.14. The summed E-state index contributed by atoms with van der Waals surface area (Å²) in [7, 11) is 0. The Morgan fingerprint density at radius 3 is 2.48 bits per heavy atom. The SMILES string of the molecule is CCOc1ccc(NC(=O)c2cnc(Nc3cc(C)ccc3C)cn2)cc1. The lowest BCUT2D eigenvalue weighted by Gasteiger charge is -2.10. The standard InChI is InChI=1S/C21H22N4O2/c1-4-27-17-9-7-16(8-10-17)24-21(26)19-12-23-20(13-22-19)25-18-11-14(2)5-6-15(18)3/h5-13H,4H2,1-3H3,(H,23,25)(H,24,26). The van der Waals surface area contributed by atoms with E-state index in [1.165, 1.54) is 6.20 Å². The van der Waals surface area contributed by atoms with Crippen molar-refractivity contribution in [1.82, 2.24) is 9.97 Å². The normalized spacial score (nSPS) is 10.3. The minimum atomic E-state index is -0.315. The first kappa shape index (κ1) is 18.4. The highest BCUT2D eigenvalue weighted by molar-refractivity contribution is 6.02. The molecule has 0 aliphatic heterocycles. The molecular weight excluding hydrogens is 340 g/mol. The van der Waals surface area contributed by atoms with E-state index in [1.54, 1.807) is 18.3 Å². The van der Waals surface area contributed by atoms with Gasteiger partial charge in [0, 0.05) is 11.4 Å². The molecule has 0 aliphatic rings. The number of rotatable bonds is 6. The second-order valence-electron chi connectivity index (χ2n) is 6.14. The number of aromatic nitrogens is 2. The molecule has 1 amide bonds. The largest absolute Gasteiger partial charge is 0.494 e. The van der Waals surface area contributed by atoms with Crippen LogP contribution in [-0.2, 0) is 0 Å². The van der Waals surface area contributed by atoms with Gasteiger partial charge in [-0.3, -0.25) is 4.79 Å². The van der Waals surface area contributed by atoms with E-state index in [2.05, 4.69) is 26.7 Å². The van der Waals surface area contributed by atoms with Crippen molar-refractivity contribution in [2.75, 3.05) is 17.2 Å². The fourth-order valence-corrected chi connectivity index (χ4v) is 2.51. The third kappa shape index (κ3) is 4.82. The molecule has 1 heterocycles. The zero-order valence-electron chi connectivity index (χ0n) is 15.6. The van der Waals surface area contributed by atoms with E-state index in [0.29, 0.717) is 18.1 Å². The van der Waals surface area contributed by atoms with E-state index in [1.807, 2.05) is 45.0 Å². The maximum Gasteiger partial charge on any atom is 0.275 e. The molecule has 2 N–H and O–H groups in total. The monoisotopic (exact) mass is 362 g/mol. The molecule has 3 aromatic rings. The van der Waals surface area contributed by atoms with Gasteiger partial charge in [-0.05, 0) is 62.2 Å². The Morgan fingerprint density at radius 1 is 1.04 bits per heavy atom. The highest BCUT2D eigenvalue weighted by Gasteiger charge is 2.09. The van der Waals surface area contributed by atoms with Crippen LogP contribution in [0.25, 0.3) is 0 Å². The van der Waals surface area contributed by atoms with Crippen LogP contribution in [0.4, 0.5) is 17.2 Å². The van der Waals surface area contributed by atoms with E-state index in [4.69, 9.17) is 4.74 Å². The van der Waals surface area contributed by atoms with E-state index < -0.39 is 0 Å². The smallest absolute Gasteiger partial charge is 0.275 e. The van der Waals surface area contributed by atoms with Crippen molar-refractivity contribution in [2.45, 2.75) is 20.8 Å². The molecule has 0 saturated heterocycles. The molecule has 0 unspecified atom stereocenters. The second kappa shape index (κ2) is 8.31. The van der Waals surface area contributed by atoms with Crippen molar-refractivity contribution < 1.29 is 9.53 Å². The minimum Gasteiger partial charge on any atom is -0.494 e. The van der Waals surface area contributed by atoms with Crippen LogP contribution in [0.2, 0.25) is 0 Å². The third-order valence-corrected chi connectivity index (χ3v) is 3.96. The number of carbonyl (C=O) groups excluding carboxylic acids is 1. The Labute approximate surface area is 158 Å². The molecule has 0 fully saturated rings. The topological polar surface area (TPSA) is 76.1 Å². The van der Waals surface area contributed by atoms with Gasteiger partial charge in [-0.25, -0.2) is 9.97 Å². The maximum absolute atomic E-state index is 12.3. The summed E-state index contributed by atoms with van der Waals surface area (Å²) in [5.74, 6) is 1.03. The summed E-state index contributed by atoms with van der Waals surface area (Å²) in [6.45, 7) is 6.58. The fourth-order valence-electron chi connectivity index (χ4n) is 2.51. The van der Waals surface area contributed by atoms with E-state index in [-0.39, 0.29) is 11.6 Å². The zero-order valence-corrected chi connectivity index (χ0v) is 15.6. The molecule has 1 aromatic heterocycles. The number of aryl methyl sites for hydroxylation is 2. The Hall–Kier alpha value is -3.41. The molecule has 0 bridgehead atoms. The van der Waals surface area contributed by atoms with Crippen molar-refractivity contribution in [1.29, 1.82) is 0 Å². The lowest BCUT2D eigenvalue weighted by atomic mass is 10.1. The van der Waals surface area contributed by atoms with Crippen LogP contribution in [0.1, 0.15) is 28.5 Å². The number of hydrogen-bond acceptors (Lipinski definition) is 5. The third-order valence-electron chi connectivity index (χ3n) is 3.96. The van der Waals surface area contributed by atoms with Crippen LogP contribution in [0, 0.1) is 13.8 Å². The van der Waals surface area contributed by atoms with Gasteiger partial charge >= 0.3 is 0 Å². The first-order valence-corrected chi connectivity index (χ1v) is 8.75. The summed E-state index contributed by atoms with van der Waals surface area (Å²) in [4.78, 5) is 20.8. The molecule has 3 rings (SSSR count). The van der Waals surface area contributed by atoms with E-state index >= 15 is 0 Å². The molecular formula is C21H22N4O2. The highest BCUT2D eigenvalue weighted by atomic mass is 16.5. The van der Waals surface area contributed by atoms with Crippen LogP contribution in [0.5, 0.6) is 5.75 Å². The van der Waals surface area contributed by atoms with Crippen LogP contribution in [-0.4, -0.2) is 22.5 Å². The molecule has 2 aromatic carbocycles. The van der Waals surface area contributed by atoms with Crippen molar-refractivity contribution >= 4 is 23.1 Å². The van der Waals surface area contributed by atoms with Gasteiger partial charge in [-0.2, -0.15) is 0 Å². The summed E-state index contributed by atoms with van der Waals surface area (Å²) in [5.41, 5.74) is 4.15. The Morgan fingerprint density at radius 2 is 1.81 bits per heavy atom. The van der Waals surface area contributed by atoms with Gasteiger partial charge in [0.15, 0.2) is 0 Å². The average molecular weight is 362 g/mol. The number of benzene rings is 2. The number of hydrogen-bond donors (Lipinski definition) is 2. The van der Waals surface area contributed by atoms with E-state index in [0.717, 1.165) is 22.6 Å². The predicted octanol–water partition coefficient (Wildman–Crippen LogP) is 4.49. The first-order valence-electron chi connectivity index (χ1n) is 8.75. The van der Waals surface area contributed by atoms with Crippen molar-refractivity contribution in [3.63, 3.8) is 0 Å². The zero-order chi connectivity index (χ0) is 19.2. The summed E-state index contributed by atoms with van der Waals surface area (Å²) >= 11 is 0. The second-order valence-corrected chi connectivity index (χ2v) is 6.14. The van der Waals surface area contributed by atoms with Gasteiger partial charge < -0.3 is 15.4 Å². The van der Waals surface area contributed by atoms with Gasteiger partial charge in [0.1, 0.15) is 17.3 Å². The van der Waals surface area contributed by atoms with Crippen LogP contribution in [0.3, 0.4) is 0 Å². The molecule has 6 heteroatoms. The fraction of sp³-hybridized carbons (Fsp3) is 0.190. The summed E-state index contributed by atoms with van der Waals surface area (Å²) in [6.07, 6.45) is 3.01. The Bertz CT molecular complexity index is 922. The van der Waals surface area contributed by atoms with Gasteiger partial charge in [-0.15, -0.1) is 0 Å². The van der Waals surface area contributed by atoms with Crippen molar-refractivity contribution in [2.24, 2.45) is 0 Å². The molecule has 0 spiro atoms. The maximum atomic E-state index is 12.3. The molecule has 138 valence electrons. The average Bonchev–Trinajstić information content (AvgIpc) is 2.67. The Balaban J connectivity index is 1.65. The molecule has 0 atom stereocenters. The van der Waals surface area contributed by atoms with Crippen LogP contribution >= 0.6 is 0 Å². The van der Waals surface area contributed by atoms with Crippen LogP contribution < -0.4 is 15.4 Å². The number of nitrogens with one attached hydrogen (secondary N) is 2. The molecule has 0 saturated carbocycles. The predicted molar refractivity (Wildman–Crippen MR) is 107 cm³/mol. The number of anilines is 3. The number of nitrogens with zero attached hydrogens (tertiary/aromatic N) is 2. The molecule has 6 nitrogen and oxygen atoms in total. The number of amides is 1. The summed E-state index contributed by atoms with van der Waals surface area (Å²) < 4.78 is 5.39. The number of carbonyl (C=O) groups is 1. The quantitative estimate of drug-likeness (QED) is 0.676.